The maximum absolute atomic E-state index is 4.90. The summed E-state index contributed by atoms with van der Waals surface area (Å²) in [5.41, 5.74) is 3.14. The Bertz CT molecular complexity index is 929. The van der Waals surface area contributed by atoms with E-state index in [1.807, 2.05) is 25.3 Å². The first-order valence-corrected chi connectivity index (χ1v) is 12.1. The summed E-state index contributed by atoms with van der Waals surface area (Å²) in [5.74, 6) is 4.27. The number of para-hydroxylation sites is 1. The average Bonchev–Trinajstić information content (AvgIpc) is 2.67. The van der Waals surface area contributed by atoms with Gasteiger partial charge in [0.2, 0.25) is 5.95 Å². The number of fused-ring (bicyclic) bond motifs is 1. The van der Waals surface area contributed by atoms with E-state index < -0.39 is 10.0 Å². The molecule has 6 heteroatoms. The zero-order valence-electron chi connectivity index (χ0n) is 16.3. The van der Waals surface area contributed by atoms with E-state index in [2.05, 4.69) is 52.0 Å². The number of anilines is 2. The molecule has 1 aliphatic rings. The van der Waals surface area contributed by atoms with Gasteiger partial charge >= 0.3 is 0 Å². The van der Waals surface area contributed by atoms with Gasteiger partial charge in [-0.1, -0.05) is 18.2 Å². The van der Waals surface area contributed by atoms with Crippen molar-refractivity contribution in [2.24, 2.45) is 0 Å². The van der Waals surface area contributed by atoms with E-state index in [0.717, 1.165) is 41.1 Å². The van der Waals surface area contributed by atoms with E-state index >= 15 is 0 Å². The smallest absolute Gasteiger partial charge is 0.225 e. The molecule has 0 bridgehead atoms. The molecule has 0 saturated carbocycles. The van der Waals surface area contributed by atoms with Crippen LogP contribution >= 0.6 is 10.0 Å². The fourth-order valence-electron chi connectivity index (χ4n) is 3.30. The van der Waals surface area contributed by atoms with Gasteiger partial charge in [-0.15, -0.1) is 0 Å². The molecular formula is C21H27N5S. The van der Waals surface area contributed by atoms with Crippen LogP contribution in [0.5, 0.6) is 0 Å². The Kier molecular flexibility index (Phi) is 4.91. The van der Waals surface area contributed by atoms with Gasteiger partial charge in [-0.3, -0.25) is 4.98 Å². The van der Waals surface area contributed by atoms with Crippen molar-refractivity contribution in [3.63, 3.8) is 0 Å². The molecular weight excluding hydrogens is 354 g/mol. The molecule has 142 valence electrons. The number of nitrogens with zero attached hydrogens (tertiary/aromatic N) is 4. The van der Waals surface area contributed by atoms with Crippen molar-refractivity contribution >= 4 is 32.7 Å². The van der Waals surface area contributed by atoms with Crippen molar-refractivity contribution in [2.45, 2.75) is 13.5 Å². The highest BCUT2D eigenvalue weighted by molar-refractivity contribution is 8.32. The molecule has 0 atom stereocenters. The van der Waals surface area contributed by atoms with Gasteiger partial charge in [0.25, 0.3) is 0 Å². The van der Waals surface area contributed by atoms with Crippen molar-refractivity contribution in [3.8, 4) is 0 Å². The minimum Gasteiger partial charge on any atom is -0.354 e. The van der Waals surface area contributed by atoms with Crippen LogP contribution < -0.4 is 10.2 Å². The first-order valence-electron chi connectivity index (χ1n) is 9.36. The van der Waals surface area contributed by atoms with Gasteiger partial charge in [0.05, 0.1) is 5.52 Å². The van der Waals surface area contributed by atoms with Crippen LogP contribution in [-0.2, 0) is 6.54 Å². The fourth-order valence-corrected chi connectivity index (χ4v) is 4.94. The number of rotatable bonds is 4. The summed E-state index contributed by atoms with van der Waals surface area (Å²) in [5, 5.41) is 4.52. The number of pyridine rings is 1. The quantitative estimate of drug-likeness (QED) is 0.744. The predicted molar refractivity (Wildman–Crippen MR) is 117 cm³/mol. The SMILES string of the molecule is Cc1ccc(CNc2nc(N3CCS(C)(C)CC3)c3ccccc3n2)cn1. The molecule has 3 aromatic rings. The Labute approximate surface area is 162 Å². The topological polar surface area (TPSA) is 53.9 Å². The van der Waals surface area contributed by atoms with Crippen molar-refractivity contribution in [2.75, 3.05) is 47.3 Å². The van der Waals surface area contributed by atoms with Crippen LogP contribution in [0.25, 0.3) is 10.9 Å². The zero-order valence-corrected chi connectivity index (χ0v) is 17.1. The lowest BCUT2D eigenvalue weighted by molar-refractivity contribution is 0.833. The molecule has 27 heavy (non-hydrogen) atoms. The van der Waals surface area contributed by atoms with E-state index in [1.165, 1.54) is 11.5 Å². The van der Waals surface area contributed by atoms with E-state index in [1.54, 1.807) is 0 Å². The van der Waals surface area contributed by atoms with Gasteiger partial charge in [-0.2, -0.15) is 4.98 Å². The van der Waals surface area contributed by atoms with Crippen LogP contribution in [-0.4, -0.2) is 52.1 Å². The molecule has 0 radical (unpaired) electrons. The van der Waals surface area contributed by atoms with Gasteiger partial charge in [-0.05, 0) is 54.7 Å². The van der Waals surface area contributed by atoms with Gasteiger partial charge < -0.3 is 10.2 Å². The summed E-state index contributed by atoms with van der Waals surface area (Å²) in [6.07, 6.45) is 6.77. The highest BCUT2D eigenvalue weighted by Gasteiger charge is 2.24. The molecule has 0 unspecified atom stereocenters. The maximum atomic E-state index is 4.90. The van der Waals surface area contributed by atoms with E-state index in [4.69, 9.17) is 9.97 Å². The maximum Gasteiger partial charge on any atom is 0.225 e. The standard InChI is InChI=1S/C21H27N5S/c1-16-8-9-17(14-22-16)15-23-21-24-19-7-5-4-6-18(19)20(25-21)26-10-12-27(2,3)13-11-26/h4-9,14H,10-13,15H2,1-3H3,(H,23,24,25). The third-order valence-electron chi connectivity index (χ3n) is 5.13. The summed E-state index contributed by atoms with van der Waals surface area (Å²) in [4.78, 5) is 16.4. The molecule has 3 heterocycles. The minimum absolute atomic E-state index is 0.445. The van der Waals surface area contributed by atoms with E-state index in [0.29, 0.717) is 12.5 Å². The molecule has 0 amide bonds. The van der Waals surface area contributed by atoms with Gasteiger partial charge in [0, 0.05) is 36.9 Å². The van der Waals surface area contributed by atoms with Crippen LogP contribution in [0.1, 0.15) is 11.3 Å². The summed E-state index contributed by atoms with van der Waals surface area (Å²) in [6, 6.07) is 12.4. The monoisotopic (exact) mass is 381 g/mol. The first-order chi connectivity index (χ1) is 13.0. The second-order valence-electron chi connectivity index (χ2n) is 7.71. The van der Waals surface area contributed by atoms with Gasteiger partial charge in [-0.25, -0.2) is 15.0 Å². The Morgan fingerprint density at radius 1 is 1.04 bits per heavy atom. The number of hydrogen-bond donors (Lipinski definition) is 1. The number of nitrogens with one attached hydrogen (secondary N) is 1. The average molecular weight is 382 g/mol. The fraction of sp³-hybridized carbons (Fsp3) is 0.381. The lowest BCUT2D eigenvalue weighted by atomic mass is 10.2. The number of aromatic nitrogens is 3. The van der Waals surface area contributed by atoms with E-state index in [-0.39, 0.29) is 0 Å². The van der Waals surface area contributed by atoms with E-state index in [9.17, 15) is 0 Å². The lowest BCUT2D eigenvalue weighted by Crippen LogP contribution is -2.38. The molecule has 2 aromatic heterocycles. The molecule has 1 aliphatic heterocycles. The Hall–Kier alpha value is -2.34. The summed E-state index contributed by atoms with van der Waals surface area (Å²) < 4.78 is 0. The van der Waals surface area contributed by atoms with Crippen LogP contribution in [0.15, 0.2) is 42.6 Å². The molecule has 1 aromatic carbocycles. The first kappa shape index (κ1) is 18.0. The second kappa shape index (κ2) is 7.35. The van der Waals surface area contributed by atoms with Crippen LogP contribution in [0.3, 0.4) is 0 Å². The lowest BCUT2D eigenvalue weighted by Gasteiger charge is -2.41. The molecule has 0 aliphatic carbocycles. The highest BCUT2D eigenvalue weighted by Crippen LogP contribution is 2.42. The van der Waals surface area contributed by atoms with Crippen molar-refractivity contribution in [1.29, 1.82) is 0 Å². The summed E-state index contributed by atoms with van der Waals surface area (Å²) in [7, 11) is -0.445. The highest BCUT2D eigenvalue weighted by atomic mass is 32.3. The van der Waals surface area contributed by atoms with Crippen LogP contribution in [0.2, 0.25) is 0 Å². The molecule has 1 N–H and O–H groups in total. The third-order valence-corrected chi connectivity index (χ3v) is 7.71. The number of hydrogen-bond acceptors (Lipinski definition) is 5. The molecule has 4 rings (SSSR count). The molecule has 0 spiro atoms. The summed E-state index contributed by atoms with van der Waals surface area (Å²) >= 11 is 0. The predicted octanol–water partition coefficient (Wildman–Crippen LogP) is 3.83. The summed E-state index contributed by atoms with van der Waals surface area (Å²) in [6.45, 7) is 4.81. The van der Waals surface area contributed by atoms with Crippen molar-refractivity contribution < 1.29 is 0 Å². The molecule has 1 saturated heterocycles. The van der Waals surface area contributed by atoms with Crippen LogP contribution in [0, 0.1) is 6.92 Å². The van der Waals surface area contributed by atoms with Gasteiger partial charge in [0.15, 0.2) is 0 Å². The Balaban J connectivity index is 1.61. The number of aryl methyl sites for hydroxylation is 1. The normalized spacial score (nSPS) is 17.7. The second-order valence-corrected chi connectivity index (χ2v) is 12.1. The van der Waals surface area contributed by atoms with Crippen LogP contribution in [0.4, 0.5) is 11.8 Å². The zero-order chi connectivity index (χ0) is 18.9. The molecule has 5 nitrogen and oxygen atoms in total. The minimum atomic E-state index is -0.445. The van der Waals surface area contributed by atoms with Crippen molar-refractivity contribution in [1.82, 2.24) is 15.0 Å². The molecule has 1 fully saturated rings. The third kappa shape index (κ3) is 4.16. The largest absolute Gasteiger partial charge is 0.354 e. The Morgan fingerprint density at radius 2 is 1.81 bits per heavy atom. The Morgan fingerprint density at radius 3 is 2.56 bits per heavy atom. The van der Waals surface area contributed by atoms with Gasteiger partial charge in [0.1, 0.15) is 5.82 Å². The van der Waals surface area contributed by atoms with Crippen molar-refractivity contribution in [3.05, 3.63) is 53.9 Å². The number of benzene rings is 1.